The van der Waals surface area contributed by atoms with Crippen LogP contribution < -0.4 is 10.2 Å². The lowest BCUT2D eigenvalue weighted by Gasteiger charge is -2.24. The highest BCUT2D eigenvalue weighted by Crippen LogP contribution is 2.26. The molecule has 0 aliphatic carbocycles. The van der Waals surface area contributed by atoms with E-state index < -0.39 is 0 Å². The first kappa shape index (κ1) is 13.1. The lowest BCUT2D eigenvalue weighted by Crippen LogP contribution is -2.34. The maximum Gasteiger partial charge on any atom is 0.231 e. The number of benzene rings is 1. The third kappa shape index (κ3) is 2.27. The lowest BCUT2D eigenvalue weighted by atomic mass is 10.0. The Kier molecular flexibility index (Phi) is 3.71. The van der Waals surface area contributed by atoms with Crippen molar-refractivity contribution in [1.29, 1.82) is 0 Å². The highest BCUT2D eigenvalue weighted by atomic mass is 16.2. The number of aryl methyl sites for hydroxylation is 1. The first-order chi connectivity index (χ1) is 8.52. The van der Waals surface area contributed by atoms with Gasteiger partial charge in [-0.1, -0.05) is 6.07 Å². The molecule has 1 saturated heterocycles. The molecule has 0 saturated carbocycles. The van der Waals surface area contributed by atoms with Gasteiger partial charge in [0.1, 0.15) is 0 Å². The quantitative estimate of drug-likeness (QED) is 0.867. The zero-order chi connectivity index (χ0) is 13.3. The Bertz CT molecular complexity index is 462. The number of anilines is 1. The van der Waals surface area contributed by atoms with Crippen molar-refractivity contribution < 1.29 is 4.79 Å². The van der Waals surface area contributed by atoms with Crippen molar-refractivity contribution >= 4 is 11.6 Å². The molecular formula is C15H22N2O. The molecule has 1 fully saturated rings. The van der Waals surface area contributed by atoms with Crippen LogP contribution in [0.2, 0.25) is 0 Å². The second kappa shape index (κ2) is 5.11. The molecule has 1 atom stereocenters. The molecule has 0 spiro atoms. The van der Waals surface area contributed by atoms with Crippen molar-refractivity contribution in [1.82, 2.24) is 5.32 Å². The molecule has 3 nitrogen and oxygen atoms in total. The summed E-state index contributed by atoms with van der Waals surface area (Å²) in [5, 5.41) is 3.25. The van der Waals surface area contributed by atoms with Gasteiger partial charge in [0.2, 0.25) is 5.91 Å². The zero-order valence-electron chi connectivity index (χ0n) is 11.7. The zero-order valence-corrected chi connectivity index (χ0v) is 11.7. The smallest absolute Gasteiger partial charge is 0.231 e. The lowest BCUT2D eigenvalue weighted by molar-refractivity contribution is -0.121. The van der Waals surface area contributed by atoms with E-state index in [4.69, 9.17) is 0 Å². The van der Waals surface area contributed by atoms with Gasteiger partial charge in [-0.15, -0.1) is 0 Å². The molecule has 1 aliphatic heterocycles. The van der Waals surface area contributed by atoms with E-state index in [1.807, 2.05) is 11.9 Å². The van der Waals surface area contributed by atoms with Crippen molar-refractivity contribution in [3.8, 4) is 0 Å². The van der Waals surface area contributed by atoms with Crippen molar-refractivity contribution in [2.24, 2.45) is 5.92 Å². The van der Waals surface area contributed by atoms with Crippen molar-refractivity contribution in [2.45, 2.75) is 27.2 Å². The van der Waals surface area contributed by atoms with Crippen LogP contribution in [0.3, 0.4) is 0 Å². The van der Waals surface area contributed by atoms with Crippen molar-refractivity contribution in [3.05, 3.63) is 28.8 Å². The number of hydrogen-bond donors (Lipinski definition) is 1. The largest absolute Gasteiger partial charge is 0.316 e. The predicted octanol–water partition coefficient (Wildman–Crippen LogP) is 2.18. The van der Waals surface area contributed by atoms with E-state index in [0.717, 1.165) is 25.2 Å². The standard InChI is InChI=1S/C15H22N2O/c1-10-5-6-14(12(3)11(10)2)17(4)15(18)13-7-8-16-9-13/h5-6,13,16H,7-9H2,1-4H3. The van der Waals surface area contributed by atoms with E-state index in [-0.39, 0.29) is 11.8 Å². The molecule has 1 unspecified atom stereocenters. The number of rotatable bonds is 2. The second-order valence-electron chi connectivity index (χ2n) is 5.24. The van der Waals surface area contributed by atoms with Crippen molar-refractivity contribution in [3.63, 3.8) is 0 Å². The molecule has 1 aromatic carbocycles. The molecule has 0 aromatic heterocycles. The van der Waals surface area contributed by atoms with Gasteiger partial charge in [-0.3, -0.25) is 4.79 Å². The molecule has 98 valence electrons. The van der Waals surface area contributed by atoms with Crippen LogP contribution in [-0.2, 0) is 4.79 Å². The molecule has 3 heteroatoms. The first-order valence-corrected chi connectivity index (χ1v) is 6.57. The van der Waals surface area contributed by atoms with Gasteiger partial charge in [0.05, 0.1) is 5.92 Å². The Balaban J connectivity index is 2.25. The Morgan fingerprint density at radius 3 is 2.61 bits per heavy atom. The van der Waals surface area contributed by atoms with Gasteiger partial charge in [0.25, 0.3) is 0 Å². The van der Waals surface area contributed by atoms with Gasteiger partial charge >= 0.3 is 0 Å². The maximum absolute atomic E-state index is 12.4. The third-order valence-corrected chi connectivity index (χ3v) is 4.13. The number of nitrogens with one attached hydrogen (secondary N) is 1. The third-order valence-electron chi connectivity index (χ3n) is 4.13. The highest BCUT2D eigenvalue weighted by Gasteiger charge is 2.26. The molecule has 1 amide bonds. The van der Waals surface area contributed by atoms with E-state index >= 15 is 0 Å². The van der Waals surface area contributed by atoms with Crippen LogP contribution in [0.5, 0.6) is 0 Å². The van der Waals surface area contributed by atoms with Crippen LogP contribution in [0.1, 0.15) is 23.1 Å². The molecule has 1 heterocycles. The molecule has 0 bridgehead atoms. The topological polar surface area (TPSA) is 32.3 Å². The minimum atomic E-state index is 0.135. The maximum atomic E-state index is 12.4. The minimum Gasteiger partial charge on any atom is -0.316 e. The minimum absolute atomic E-state index is 0.135. The van der Waals surface area contributed by atoms with Crippen LogP contribution in [0, 0.1) is 26.7 Å². The Morgan fingerprint density at radius 2 is 2.00 bits per heavy atom. The second-order valence-corrected chi connectivity index (χ2v) is 5.24. The van der Waals surface area contributed by atoms with E-state index in [9.17, 15) is 4.79 Å². The fraction of sp³-hybridized carbons (Fsp3) is 0.533. The Hall–Kier alpha value is -1.35. The van der Waals surface area contributed by atoms with Crippen LogP contribution in [-0.4, -0.2) is 26.0 Å². The Morgan fingerprint density at radius 1 is 1.28 bits per heavy atom. The van der Waals surface area contributed by atoms with Gasteiger partial charge in [-0.05, 0) is 56.5 Å². The fourth-order valence-corrected chi connectivity index (χ4v) is 2.56. The summed E-state index contributed by atoms with van der Waals surface area (Å²) in [5.41, 5.74) is 4.79. The number of amides is 1. The highest BCUT2D eigenvalue weighted by molar-refractivity contribution is 5.95. The summed E-state index contributed by atoms with van der Waals surface area (Å²) in [6.45, 7) is 8.08. The summed E-state index contributed by atoms with van der Waals surface area (Å²) in [7, 11) is 1.89. The molecular weight excluding hydrogens is 224 g/mol. The number of nitrogens with zero attached hydrogens (tertiary/aromatic N) is 1. The van der Waals surface area contributed by atoms with Crippen LogP contribution in [0.15, 0.2) is 12.1 Å². The average Bonchev–Trinajstić information content (AvgIpc) is 2.88. The summed E-state index contributed by atoms with van der Waals surface area (Å²) >= 11 is 0. The summed E-state index contributed by atoms with van der Waals surface area (Å²) in [6.07, 6.45) is 0.951. The number of hydrogen-bond acceptors (Lipinski definition) is 2. The van der Waals surface area contributed by atoms with Crippen LogP contribution >= 0.6 is 0 Å². The number of carbonyl (C=O) groups excluding carboxylic acids is 1. The van der Waals surface area contributed by atoms with Gasteiger partial charge in [-0.2, -0.15) is 0 Å². The van der Waals surface area contributed by atoms with Gasteiger partial charge in [0.15, 0.2) is 0 Å². The van der Waals surface area contributed by atoms with E-state index in [1.54, 1.807) is 0 Å². The SMILES string of the molecule is Cc1ccc(N(C)C(=O)C2CCNC2)c(C)c1C. The number of carbonyl (C=O) groups is 1. The average molecular weight is 246 g/mol. The summed E-state index contributed by atoms with van der Waals surface area (Å²) in [4.78, 5) is 14.2. The summed E-state index contributed by atoms with van der Waals surface area (Å²) < 4.78 is 0. The Labute approximate surface area is 109 Å². The summed E-state index contributed by atoms with van der Waals surface area (Å²) in [5.74, 6) is 0.363. The first-order valence-electron chi connectivity index (χ1n) is 6.57. The van der Waals surface area contributed by atoms with E-state index in [0.29, 0.717) is 0 Å². The van der Waals surface area contributed by atoms with Crippen LogP contribution in [0.4, 0.5) is 5.69 Å². The molecule has 0 radical (unpaired) electrons. The van der Waals surface area contributed by atoms with Crippen molar-refractivity contribution in [2.75, 3.05) is 25.0 Å². The molecule has 2 rings (SSSR count). The molecule has 18 heavy (non-hydrogen) atoms. The van der Waals surface area contributed by atoms with E-state index in [1.165, 1.54) is 16.7 Å². The van der Waals surface area contributed by atoms with Gasteiger partial charge in [-0.25, -0.2) is 0 Å². The summed E-state index contributed by atoms with van der Waals surface area (Å²) in [6, 6.07) is 4.15. The predicted molar refractivity (Wildman–Crippen MR) is 75.0 cm³/mol. The molecule has 1 aromatic rings. The van der Waals surface area contributed by atoms with Crippen LogP contribution in [0.25, 0.3) is 0 Å². The van der Waals surface area contributed by atoms with E-state index in [2.05, 4.69) is 38.2 Å². The monoisotopic (exact) mass is 246 g/mol. The fourth-order valence-electron chi connectivity index (χ4n) is 2.56. The van der Waals surface area contributed by atoms with Gasteiger partial charge < -0.3 is 10.2 Å². The molecule has 1 N–H and O–H groups in total. The van der Waals surface area contributed by atoms with Gasteiger partial charge in [0, 0.05) is 19.3 Å². The molecule has 1 aliphatic rings. The normalized spacial score (nSPS) is 19.0.